The standard InChI is InChI=1S/C17H23N3O3S/c1-2-24-16-7-6-12(20(22)23)11-13(16)17(21)18-14-8-10-19-9-4-3-5-15(14)19/h6-7,11,14-15H,2-5,8-10H2,1H3,(H,18,21)/t14-,15+/m1/s1. The highest BCUT2D eigenvalue weighted by Crippen LogP contribution is 2.29. The van der Waals surface area contributed by atoms with Crippen LogP contribution in [0.2, 0.25) is 0 Å². The van der Waals surface area contributed by atoms with Gasteiger partial charge < -0.3 is 5.32 Å². The number of piperidine rings is 1. The molecule has 3 rings (SSSR count). The van der Waals surface area contributed by atoms with Gasteiger partial charge in [0.25, 0.3) is 11.6 Å². The smallest absolute Gasteiger partial charge is 0.270 e. The van der Waals surface area contributed by atoms with Gasteiger partial charge in [0.05, 0.1) is 10.5 Å². The van der Waals surface area contributed by atoms with Crippen LogP contribution in [-0.4, -0.2) is 46.7 Å². The van der Waals surface area contributed by atoms with Crippen LogP contribution in [0.4, 0.5) is 5.69 Å². The number of benzene rings is 1. The summed E-state index contributed by atoms with van der Waals surface area (Å²) in [5, 5.41) is 14.2. The van der Waals surface area contributed by atoms with Crippen molar-refractivity contribution in [2.45, 2.75) is 49.6 Å². The molecule has 0 aliphatic carbocycles. The van der Waals surface area contributed by atoms with E-state index >= 15 is 0 Å². The van der Waals surface area contributed by atoms with E-state index in [4.69, 9.17) is 0 Å². The molecule has 2 saturated heterocycles. The largest absolute Gasteiger partial charge is 0.348 e. The Balaban J connectivity index is 1.78. The molecule has 1 aromatic rings. The SMILES string of the molecule is CCSc1ccc([N+](=O)[O-])cc1C(=O)N[C@@H]1CCN2CCCC[C@@H]12. The van der Waals surface area contributed by atoms with Crippen molar-refractivity contribution in [3.8, 4) is 0 Å². The molecule has 0 saturated carbocycles. The van der Waals surface area contributed by atoms with Gasteiger partial charge in [0, 0.05) is 35.7 Å². The van der Waals surface area contributed by atoms with Gasteiger partial charge in [0.2, 0.25) is 0 Å². The van der Waals surface area contributed by atoms with Gasteiger partial charge in [-0.1, -0.05) is 13.3 Å². The first kappa shape index (κ1) is 17.2. The third-order valence-corrected chi connectivity index (χ3v) is 5.85. The van der Waals surface area contributed by atoms with Crippen LogP contribution in [0.25, 0.3) is 0 Å². The first-order valence-electron chi connectivity index (χ1n) is 8.56. The van der Waals surface area contributed by atoms with Gasteiger partial charge in [0.1, 0.15) is 0 Å². The van der Waals surface area contributed by atoms with Crippen molar-refractivity contribution in [3.63, 3.8) is 0 Å². The fraction of sp³-hybridized carbons (Fsp3) is 0.588. The molecule has 6 nitrogen and oxygen atoms in total. The minimum Gasteiger partial charge on any atom is -0.348 e. The van der Waals surface area contributed by atoms with Crippen LogP contribution in [0.15, 0.2) is 23.1 Å². The van der Waals surface area contributed by atoms with Gasteiger partial charge in [-0.25, -0.2) is 0 Å². The van der Waals surface area contributed by atoms with Crippen LogP contribution in [0.3, 0.4) is 0 Å². The lowest BCUT2D eigenvalue weighted by molar-refractivity contribution is -0.384. The molecule has 2 aliphatic rings. The normalized spacial score (nSPS) is 23.7. The molecule has 130 valence electrons. The fourth-order valence-electron chi connectivity index (χ4n) is 3.75. The molecule has 0 bridgehead atoms. The first-order valence-corrected chi connectivity index (χ1v) is 9.55. The van der Waals surface area contributed by atoms with Gasteiger partial charge in [0.15, 0.2) is 0 Å². The lowest BCUT2D eigenvalue weighted by Crippen LogP contribution is -2.46. The number of non-ortho nitro benzene ring substituents is 1. The first-order chi connectivity index (χ1) is 11.6. The maximum Gasteiger partial charge on any atom is 0.270 e. The van der Waals surface area contributed by atoms with Crippen LogP contribution in [0, 0.1) is 10.1 Å². The predicted octanol–water partition coefficient (Wildman–Crippen LogP) is 3.06. The number of amides is 1. The third kappa shape index (κ3) is 3.57. The molecule has 0 radical (unpaired) electrons. The molecule has 0 unspecified atom stereocenters. The average molecular weight is 349 g/mol. The Morgan fingerprint density at radius 2 is 2.21 bits per heavy atom. The Kier molecular flexibility index (Phi) is 5.40. The Morgan fingerprint density at radius 1 is 1.38 bits per heavy atom. The van der Waals surface area contributed by atoms with Crippen molar-refractivity contribution in [3.05, 3.63) is 33.9 Å². The van der Waals surface area contributed by atoms with E-state index in [0.29, 0.717) is 11.6 Å². The van der Waals surface area contributed by atoms with Crippen molar-refractivity contribution in [2.75, 3.05) is 18.8 Å². The highest BCUT2D eigenvalue weighted by atomic mass is 32.2. The minimum absolute atomic E-state index is 0.0358. The quantitative estimate of drug-likeness (QED) is 0.502. The van der Waals surface area contributed by atoms with E-state index in [1.165, 1.54) is 36.7 Å². The van der Waals surface area contributed by atoms with Crippen molar-refractivity contribution in [2.24, 2.45) is 0 Å². The summed E-state index contributed by atoms with van der Waals surface area (Å²) in [4.78, 5) is 26.6. The van der Waals surface area contributed by atoms with Crippen LogP contribution in [0.5, 0.6) is 0 Å². The number of carbonyl (C=O) groups is 1. The van der Waals surface area contributed by atoms with E-state index in [1.54, 1.807) is 6.07 Å². The number of rotatable bonds is 5. The summed E-state index contributed by atoms with van der Waals surface area (Å²) in [5.74, 6) is 0.629. The van der Waals surface area contributed by atoms with Gasteiger partial charge in [-0.15, -0.1) is 11.8 Å². The molecule has 2 atom stereocenters. The molecule has 2 heterocycles. The van der Waals surface area contributed by atoms with E-state index in [9.17, 15) is 14.9 Å². The number of hydrogen-bond donors (Lipinski definition) is 1. The van der Waals surface area contributed by atoms with E-state index in [2.05, 4.69) is 10.2 Å². The molecule has 2 aliphatic heterocycles. The topological polar surface area (TPSA) is 75.5 Å². The van der Waals surface area contributed by atoms with Crippen LogP contribution in [0.1, 0.15) is 43.0 Å². The summed E-state index contributed by atoms with van der Waals surface area (Å²) in [6, 6.07) is 5.12. The average Bonchev–Trinajstić information content (AvgIpc) is 2.98. The molecule has 24 heavy (non-hydrogen) atoms. The molecule has 0 spiro atoms. The Morgan fingerprint density at radius 3 is 2.96 bits per heavy atom. The zero-order chi connectivity index (χ0) is 17.1. The van der Waals surface area contributed by atoms with Crippen LogP contribution in [-0.2, 0) is 0 Å². The summed E-state index contributed by atoms with van der Waals surface area (Å²) in [7, 11) is 0. The van der Waals surface area contributed by atoms with Gasteiger partial charge in [-0.2, -0.15) is 0 Å². The van der Waals surface area contributed by atoms with Crippen molar-refractivity contribution in [1.82, 2.24) is 10.2 Å². The van der Waals surface area contributed by atoms with Crippen molar-refractivity contribution in [1.29, 1.82) is 0 Å². The number of nitro benzene ring substituents is 1. The lowest BCUT2D eigenvalue weighted by Gasteiger charge is -2.32. The zero-order valence-electron chi connectivity index (χ0n) is 13.9. The lowest BCUT2D eigenvalue weighted by atomic mass is 9.99. The second-order valence-electron chi connectivity index (χ2n) is 6.34. The van der Waals surface area contributed by atoms with E-state index in [1.807, 2.05) is 6.92 Å². The number of nitrogens with zero attached hydrogens (tertiary/aromatic N) is 2. The van der Waals surface area contributed by atoms with Crippen LogP contribution < -0.4 is 5.32 Å². The highest BCUT2D eigenvalue weighted by Gasteiger charge is 2.36. The number of nitrogens with one attached hydrogen (secondary N) is 1. The number of carbonyl (C=O) groups excluding carboxylic acids is 1. The zero-order valence-corrected chi connectivity index (χ0v) is 14.7. The van der Waals surface area contributed by atoms with Crippen LogP contribution >= 0.6 is 11.8 Å². The number of hydrogen-bond acceptors (Lipinski definition) is 5. The van der Waals surface area contributed by atoms with Gasteiger partial charge in [-0.3, -0.25) is 19.8 Å². The van der Waals surface area contributed by atoms with Gasteiger partial charge in [-0.05, 0) is 37.6 Å². The molecular formula is C17H23N3O3S. The van der Waals surface area contributed by atoms with E-state index < -0.39 is 4.92 Å². The molecular weight excluding hydrogens is 326 g/mol. The monoisotopic (exact) mass is 349 g/mol. The molecule has 0 aromatic heterocycles. The molecule has 1 N–H and O–H groups in total. The van der Waals surface area contributed by atoms with E-state index in [0.717, 1.165) is 36.6 Å². The van der Waals surface area contributed by atoms with Crippen molar-refractivity contribution >= 4 is 23.4 Å². The summed E-state index contributed by atoms with van der Waals surface area (Å²) in [6.07, 6.45) is 4.53. The number of nitro groups is 1. The molecule has 1 amide bonds. The Hall–Kier alpha value is -1.60. The maximum atomic E-state index is 12.8. The Labute approximate surface area is 146 Å². The molecule has 2 fully saturated rings. The Bertz CT molecular complexity index is 638. The summed E-state index contributed by atoms with van der Waals surface area (Å²) < 4.78 is 0. The summed E-state index contributed by atoms with van der Waals surface area (Å²) >= 11 is 1.54. The second-order valence-corrected chi connectivity index (χ2v) is 7.64. The number of fused-ring (bicyclic) bond motifs is 1. The van der Waals surface area contributed by atoms with Gasteiger partial charge >= 0.3 is 0 Å². The molecule has 1 aromatic carbocycles. The predicted molar refractivity (Wildman–Crippen MR) is 94.6 cm³/mol. The summed E-state index contributed by atoms with van der Waals surface area (Å²) in [6.45, 7) is 4.15. The molecule has 7 heteroatoms. The number of thioether (sulfide) groups is 1. The van der Waals surface area contributed by atoms with E-state index in [-0.39, 0.29) is 17.6 Å². The highest BCUT2D eigenvalue weighted by molar-refractivity contribution is 7.99. The maximum absolute atomic E-state index is 12.8. The fourth-order valence-corrected chi connectivity index (χ4v) is 4.53. The third-order valence-electron chi connectivity index (χ3n) is 4.89. The summed E-state index contributed by atoms with van der Waals surface area (Å²) in [5.41, 5.74) is 0.386. The van der Waals surface area contributed by atoms with Crippen molar-refractivity contribution < 1.29 is 9.72 Å². The minimum atomic E-state index is -0.449. The second kappa shape index (κ2) is 7.53.